The number of likely N-dealkylation sites (tertiary alicyclic amines) is 1. The Morgan fingerprint density at radius 1 is 1.32 bits per heavy atom. The summed E-state index contributed by atoms with van der Waals surface area (Å²) in [6, 6.07) is 8.16. The van der Waals surface area contributed by atoms with Crippen molar-refractivity contribution in [3.8, 4) is 0 Å². The van der Waals surface area contributed by atoms with Gasteiger partial charge in [-0.05, 0) is 49.9 Å². The zero-order valence-electron chi connectivity index (χ0n) is 11.5. The molecule has 2 unspecified atom stereocenters. The number of nitrogens with two attached hydrogens (primary N) is 2. The maximum absolute atomic E-state index is 11.0. The molecule has 4 N–H and O–H groups in total. The lowest BCUT2D eigenvalue weighted by molar-refractivity contribution is 0.1000. The molecular weight excluding hydrogens is 238 g/mol. The second kappa shape index (κ2) is 6.17. The summed E-state index contributed by atoms with van der Waals surface area (Å²) in [5.74, 6) is 0.238. The Kier molecular flexibility index (Phi) is 4.56. The fourth-order valence-corrected chi connectivity index (χ4v) is 2.68. The third-order valence-electron chi connectivity index (χ3n) is 4.07. The van der Waals surface area contributed by atoms with Crippen molar-refractivity contribution in [2.45, 2.75) is 32.4 Å². The highest BCUT2D eigenvalue weighted by molar-refractivity contribution is 5.92. The number of carbonyl (C=O) groups is 1. The van der Waals surface area contributed by atoms with Crippen molar-refractivity contribution in [1.29, 1.82) is 0 Å². The number of nitrogens with zero attached hydrogens (tertiary/aromatic N) is 1. The minimum absolute atomic E-state index is 0.374. The van der Waals surface area contributed by atoms with Crippen molar-refractivity contribution in [2.75, 3.05) is 13.1 Å². The highest BCUT2D eigenvalue weighted by Crippen LogP contribution is 2.23. The van der Waals surface area contributed by atoms with E-state index in [0.717, 1.165) is 19.6 Å². The first-order chi connectivity index (χ1) is 9.10. The Morgan fingerprint density at radius 2 is 2.00 bits per heavy atom. The second-order valence-electron chi connectivity index (χ2n) is 5.52. The van der Waals surface area contributed by atoms with Crippen LogP contribution in [0.5, 0.6) is 0 Å². The normalized spacial score (nSPS) is 24.3. The first-order valence-electron chi connectivity index (χ1n) is 6.93. The molecule has 0 aromatic heterocycles. The molecule has 0 spiro atoms. The molecule has 2 rings (SSSR count). The Labute approximate surface area is 114 Å². The van der Waals surface area contributed by atoms with Gasteiger partial charge < -0.3 is 11.5 Å². The summed E-state index contributed by atoms with van der Waals surface area (Å²) in [6.45, 7) is 5.01. The van der Waals surface area contributed by atoms with E-state index in [-0.39, 0.29) is 5.91 Å². The third kappa shape index (κ3) is 3.55. The summed E-state index contributed by atoms with van der Waals surface area (Å²) in [6.07, 6.45) is 2.44. The van der Waals surface area contributed by atoms with Gasteiger partial charge in [0.2, 0.25) is 5.91 Å². The van der Waals surface area contributed by atoms with Gasteiger partial charge in [0.25, 0.3) is 0 Å². The zero-order chi connectivity index (χ0) is 13.8. The summed E-state index contributed by atoms with van der Waals surface area (Å²) in [5.41, 5.74) is 12.8. The summed E-state index contributed by atoms with van der Waals surface area (Å²) in [4.78, 5) is 13.5. The van der Waals surface area contributed by atoms with Gasteiger partial charge in [0.1, 0.15) is 0 Å². The summed E-state index contributed by atoms with van der Waals surface area (Å²) in [5, 5.41) is 0. The fourth-order valence-electron chi connectivity index (χ4n) is 2.68. The minimum atomic E-state index is -0.374. The SMILES string of the molecule is CC1CCC(CN)CN1Cc1ccc(C(N)=O)cc1. The molecule has 4 heteroatoms. The molecule has 0 bridgehead atoms. The lowest BCUT2D eigenvalue weighted by Crippen LogP contribution is -2.43. The van der Waals surface area contributed by atoms with Crippen LogP contribution in [0, 0.1) is 5.92 Å². The van der Waals surface area contributed by atoms with Crippen LogP contribution in [0.25, 0.3) is 0 Å². The molecule has 0 aliphatic carbocycles. The Morgan fingerprint density at radius 3 is 2.58 bits per heavy atom. The molecule has 1 aromatic carbocycles. The Bertz CT molecular complexity index is 430. The van der Waals surface area contributed by atoms with Gasteiger partial charge in [-0.15, -0.1) is 0 Å². The van der Waals surface area contributed by atoms with Crippen LogP contribution in [0.15, 0.2) is 24.3 Å². The van der Waals surface area contributed by atoms with Crippen molar-refractivity contribution in [3.63, 3.8) is 0 Å². The van der Waals surface area contributed by atoms with Crippen LogP contribution in [0.3, 0.4) is 0 Å². The van der Waals surface area contributed by atoms with Crippen LogP contribution >= 0.6 is 0 Å². The number of piperidine rings is 1. The smallest absolute Gasteiger partial charge is 0.248 e. The number of amides is 1. The molecule has 1 aromatic rings. The molecule has 104 valence electrons. The van der Waals surface area contributed by atoms with Gasteiger partial charge in [-0.3, -0.25) is 9.69 Å². The third-order valence-corrected chi connectivity index (χ3v) is 4.07. The lowest BCUT2D eigenvalue weighted by Gasteiger charge is -2.37. The van der Waals surface area contributed by atoms with Crippen LogP contribution in [0.4, 0.5) is 0 Å². The second-order valence-corrected chi connectivity index (χ2v) is 5.52. The van der Waals surface area contributed by atoms with Crippen LogP contribution in [0.1, 0.15) is 35.7 Å². The first kappa shape index (κ1) is 14.0. The average molecular weight is 261 g/mol. The van der Waals surface area contributed by atoms with E-state index in [1.54, 1.807) is 12.1 Å². The molecular formula is C15H23N3O. The maximum Gasteiger partial charge on any atom is 0.248 e. The minimum Gasteiger partial charge on any atom is -0.366 e. The van der Waals surface area contributed by atoms with Gasteiger partial charge in [0.05, 0.1) is 0 Å². The van der Waals surface area contributed by atoms with Gasteiger partial charge in [-0.2, -0.15) is 0 Å². The van der Waals surface area contributed by atoms with Crippen molar-refractivity contribution in [1.82, 2.24) is 4.90 Å². The average Bonchev–Trinajstić information content (AvgIpc) is 2.42. The van der Waals surface area contributed by atoms with Crippen molar-refractivity contribution < 1.29 is 4.79 Å². The van der Waals surface area contributed by atoms with Gasteiger partial charge in [0.15, 0.2) is 0 Å². The highest BCUT2D eigenvalue weighted by atomic mass is 16.1. The van der Waals surface area contributed by atoms with E-state index in [0.29, 0.717) is 17.5 Å². The largest absolute Gasteiger partial charge is 0.366 e. The molecule has 1 fully saturated rings. The summed E-state index contributed by atoms with van der Waals surface area (Å²) >= 11 is 0. The summed E-state index contributed by atoms with van der Waals surface area (Å²) < 4.78 is 0. The molecule has 4 nitrogen and oxygen atoms in total. The Hall–Kier alpha value is -1.39. The quantitative estimate of drug-likeness (QED) is 0.859. The van der Waals surface area contributed by atoms with Crippen molar-refractivity contribution in [3.05, 3.63) is 35.4 Å². The fraction of sp³-hybridized carbons (Fsp3) is 0.533. The topological polar surface area (TPSA) is 72.3 Å². The van der Waals surface area contributed by atoms with E-state index in [1.807, 2.05) is 12.1 Å². The van der Waals surface area contributed by atoms with Crippen molar-refractivity contribution >= 4 is 5.91 Å². The van der Waals surface area contributed by atoms with E-state index in [2.05, 4.69) is 11.8 Å². The predicted octanol–water partition coefficient (Wildman–Crippen LogP) is 1.34. The number of benzene rings is 1. The van der Waals surface area contributed by atoms with Gasteiger partial charge in [0, 0.05) is 24.7 Å². The number of hydrogen-bond donors (Lipinski definition) is 2. The van der Waals surface area contributed by atoms with Crippen molar-refractivity contribution in [2.24, 2.45) is 17.4 Å². The van der Waals surface area contributed by atoms with E-state index in [9.17, 15) is 4.79 Å². The van der Waals surface area contributed by atoms with Crippen LogP contribution < -0.4 is 11.5 Å². The van der Waals surface area contributed by atoms with Gasteiger partial charge in [-0.25, -0.2) is 0 Å². The number of rotatable bonds is 4. The van der Waals surface area contributed by atoms with Crippen LogP contribution in [-0.4, -0.2) is 29.9 Å². The number of carbonyl (C=O) groups excluding carboxylic acids is 1. The Balaban J connectivity index is 2.01. The van der Waals surface area contributed by atoms with E-state index < -0.39 is 0 Å². The molecule has 1 aliphatic heterocycles. The van der Waals surface area contributed by atoms with E-state index in [1.165, 1.54) is 18.4 Å². The molecule has 0 radical (unpaired) electrons. The number of primary amides is 1. The molecule has 1 heterocycles. The van der Waals surface area contributed by atoms with Crippen LogP contribution in [0.2, 0.25) is 0 Å². The zero-order valence-corrected chi connectivity index (χ0v) is 11.5. The van der Waals surface area contributed by atoms with E-state index in [4.69, 9.17) is 11.5 Å². The molecule has 1 aliphatic rings. The molecule has 0 saturated carbocycles. The summed E-state index contributed by atoms with van der Waals surface area (Å²) in [7, 11) is 0. The lowest BCUT2D eigenvalue weighted by atomic mass is 9.93. The first-order valence-corrected chi connectivity index (χ1v) is 6.93. The predicted molar refractivity (Wildman–Crippen MR) is 76.6 cm³/mol. The molecule has 19 heavy (non-hydrogen) atoms. The van der Waals surface area contributed by atoms with Gasteiger partial charge >= 0.3 is 0 Å². The molecule has 2 atom stereocenters. The molecule has 1 saturated heterocycles. The monoisotopic (exact) mass is 261 g/mol. The van der Waals surface area contributed by atoms with E-state index >= 15 is 0 Å². The van der Waals surface area contributed by atoms with Gasteiger partial charge in [-0.1, -0.05) is 12.1 Å². The maximum atomic E-state index is 11.0. The highest BCUT2D eigenvalue weighted by Gasteiger charge is 2.24. The standard InChI is InChI=1S/C15H23N3O/c1-11-2-3-13(8-16)10-18(11)9-12-4-6-14(7-5-12)15(17)19/h4-7,11,13H,2-3,8-10,16H2,1H3,(H2,17,19). The number of hydrogen-bond acceptors (Lipinski definition) is 3. The molecule has 1 amide bonds. The van der Waals surface area contributed by atoms with Crippen LogP contribution in [-0.2, 0) is 6.54 Å².